The average Bonchev–Trinajstić information content (AvgIpc) is 2.53. The number of piperazine rings is 1. The van der Waals surface area contributed by atoms with Crippen LogP contribution in [0.25, 0.3) is 0 Å². The molecule has 1 unspecified atom stereocenters. The molecule has 1 N–H and O–H groups in total. The largest absolute Gasteiger partial charge is 0.494 e. The van der Waals surface area contributed by atoms with Gasteiger partial charge in [-0.25, -0.2) is 0 Å². The quantitative estimate of drug-likeness (QED) is 0.835. The Morgan fingerprint density at radius 1 is 1.14 bits per heavy atom. The van der Waals surface area contributed by atoms with Gasteiger partial charge in [-0.1, -0.05) is 19.1 Å². The Morgan fingerprint density at radius 3 is 2.52 bits per heavy atom. The Kier molecular flexibility index (Phi) is 6.49. The number of likely N-dealkylation sites (N-methyl/N-ethyl adjacent to an activating group) is 1. The predicted molar refractivity (Wildman–Crippen MR) is 85.7 cm³/mol. The first kappa shape index (κ1) is 16.3. The van der Waals surface area contributed by atoms with Crippen molar-refractivity contribution in [1.29, 1.82) is 0 Å². The molecule has 118 valence electrons. The number of aliphatic hydroxyl groups excluding tert-OH is 1. The molecule has 2 rings (SSSR count). The predicted octanol–water partition coefficient (Wildman–Crippen LogP) is 2.15. The lowest BCUT2D eigenvalue weighted by Crippen LogP contribution is -2.46. The zero-order chi connectivity index (χ0) is 15.1. The molecule has 0 aromatic heterocycles. The summed E-state index contributed by atoms with van der Waals surface area (Å²) in [6.45, 7) is 11.4. The van der Waals surface area contributed by atoms with Crippen molar-refractivity contribution >= 4 is 0 Å². The highest BCUT2D eigenvalue weighted by Crippen LogP contribution is 2.22. The van der Waals surface area contributed by atoms with Crippen LogP contribution in [-0.4, -0.2) is 60.8 Å². The van der Waals surface area contributed by atoms with Crippen molar-refractivity contribution in [3.63, 3.8) is 0 Å². The van der Waals surface area contributed by atoms with Gasteiger partial charge in [0.05, 0.1) is 12.7 Å². The first-order valence-electron chi connectivity index (χ1n) is 8.08. The van der Waals surface area contributed by atoms with Crippen molar-refractivity contribution in [2.45, 2.75) is 26.4 Å². The summed E-state index contributed by atoms with van der Waals surface area (Å²) in [6.07, 6.45) is 0.372. The van der Waals surface area contributed by atoms with Crippen molar-refractivity contribution in [3.8, 4) is 5.75 Å². The van der Waals surface area contributed by atoms with Gasteiger partial charge in [0.25, 0.3) is 0 Å². The average molecular weight is 292 g/mol. The number of hydrogen-bond acceptors (Lipinski definition) is 4. The molecule has 1 aliphatic heterocycles. The van der Waals surface area contributed by atoms with Crippen LogP contribution in [0.5, 0.6) is 5.75 Å². The van der Waals surface area contributed by atoms with Crippen LogP contribution in [0.1, 0.15) is 31.9 Å². The Bertz CT molecular complexity index is 417. The molecule has 21 heavy (non-hydrogen) atoms. The third-order valence-corrected chi connectivity index (χ3v) is 4.18. The van der Waals surface area contributed by atoms with E-state index in [2.05, 4.69) is 16.7 Å². The maximum atomic E-state index is 10.3. The van der Waals surface area contributed by atoms with E-state index in [4.69, 9.17) is 4.74 Å². The lowest BCUT2D eigenvalue weighted by atomic mass is 10.1. The molecule has 0 amide bonds. The minimum atomic E-state index is -0.408. The molecule has 1 aromatic rings. The second kappa shape index (κ2) is 8.37. The van der Waals surface area contributed by atoms with Gasteiger partial charge in [0, 0.05) is 32.7 Å². The molecule has 1 fully saturated rings. The number of aliphatic hydroxyl groups is 1. The summed E-state index contributed by atoms with van der Waals surface area (Å²) in [5.41, 5.74) is 0.952. The molecule has 4 heteroatoms. The third-order valence-electron chi connectivity index (χ3n) is 4.18. The number of hydrogen-bond donors (Lipinski definition) is 1. The van der Waals surface area contributed by atoms with E-state index in [1.165, 1.54) is 0 Å². The van der Waals surface area contributed by atoms with Gasteiger partial charge < -0.3 is 19.6 Å². The first-order chi connectivity index (χ1) is 10.2. The number of nitrogens with zero attached hydrogens (tertiary/aromatic N) is 2. The molecular formula is C17H28N2O2. The Labute approximate surface area is 128 Å². The second-order valence-electron chi connectivity index (χ2n) is 5.59. The van der Waals surface area contributed by atoms with Crippen LogP contribution in [0, 0.1) is 0 Å². The van der Waals surface area contributed by atoms with Crippen LogP contribution in [0.3, 0.4) is 0 Å². The second-order valence-corrected chi connectivity index (χ2v) is 5.59. The smallest absolute Gasteiger partial charge is 0.119 e. The summed E-state index contributed by atoms with van der Waals surface area (Å²) in [4.78, 5) is 4.92. The summed E-state index contributed by atoms with van der Waals surface area (Å²) in [5, 5.41) is 10.3. The highest BCUT2D eigenvalue weighted by atomic mass is 16.5. The minimum Gasteiger partial charge on any atom is -0.494 e. The Balaban J connectivity index is 1.79. The minimum absolute atomic E-state index is 0.408. The summed E-state index contributed by atoms with van der Waals surface area (Å²) in [6, 6.07) is 7.80. The molecule has 0 radical (unpaired) electrons. The van der Waals surface area contributed by atoms with E-state index < -0.39 is 6.10 Å². The van der Waals surface area contributed by atoms with E-state index >= 15 is 0 Å². The fraction of sp³-hybridized carbons (Fsp3) is 0.647. The van der Waals surface area contributed by atoms with E-state index in [-0.39, 0.29) is 0 Å². The van der Waals surface area contributed by atoms with Crippen LogP contribution in [-0.2, 0) is 0 Å². The van der Waals surface area contributed by atoms with Gasteiger partial charge in [-0.15, -0.1) is 0 Å². The van der Waals surface area contributed by atoms with Gasteiger partial charge in [-0.2, -0.15) is 0 Å². The third kappa shape index (κ3) is 4.99. The molecule has 1 aromatic carbocycles. The Hall–Kier alpha value is -1.10. The van der Waals surface area contributed by atoms with E-state index in [0.29, 0.717) is 6.61 Å². The molecule has 1 saturated heterocycles. The highest BCUT2D eigenvalue weighted by molar-refractivity contribution is 5.29. The van der Waals surface area contributed by atoms with Gasteiger partial charge in [-0.05, 0) is 37.6 Å². The van der Waals surface area contributed by atoms with Crippen molar-refractivity contribution in [2.24, 2.45) is 0 Å². The topological polar surface area (TPSA) is 35.9 Å². The lowest BCUT2D eigenvalue weighted by molar-refractivity contribution is 0.105. The monoisotopic (exact) mass is 292 g/mol. The normalized spacial score (nSPS) is 18.6. The van der Waals surface area contributed by atoms with E-state index in [9.17, 15) is 5.11 Å². The zero-order valence-corrected chi connectivity index (χ0v) is 13.3. The maximum absolute atomic E-state index is 10.3. The molecule has 1 aliphatic rings. The molecule has 4 nitrogen and oxygen atoms in total. The summed E-state index contributed by atoms with van der Waals surface area (Å²) in [7, 11) is 0. The van der Waals surface area contributed by atoms with Crippen molar-refractivity contribution in [2.75, 3.05) is 45.9 Å². The van der Waals surface area contributed by atoms with Gasteiger partial charge in [-0.3, -0.25) is 0 Å². The van der Waals surface area contributed by atoms with Crippen LogP contribution in [0.4, 0.5) is 0 Å². The van der Waals surface area contributed by atoms with Gasteiger partial charge in [0.15, 0.2) is 0 Å². The van der Waals surface area contributed by atoms with Gasteiger partial charge in [0.2, 0.25) is 0 Å². The van der Waals surface area contributed by atoms with Crippen LogP contribution >= 0.6 is 0 Å². The van der Waals surface area contributed by atoms with Crippen molar-refractivity contribution < 1.29 is 9.84 Å². The fourth-order valence-corrected chi connectivity index (χ4v) is 2.78. The number of ether oxygens (including phenoxy) is 1. The standard InChI is InChI=1S/C17H28N2O2/c1-3-18-10-12-19(13-11-18)9-8-17(20)15-6-5-7-16(14-15)21-4-2/h5-7,14,17,20H,3-4,8-13H2,1-2H3. The molecular weight excluding hydrogens is 264 g/mol. The maximum Gasteiger partial charge on any atom is 0.119 e. The summed E-state index contributed by atoms with van der Waals surface area (Å²) >= 11 is 0. The summed E-state index contributed by atoms with van der Waals surface area (Å²) < 4.78 is 5.49. The number of benzene rings is 1. The van der Waals surface area contributed by atoms with Crippen LogP contribution in [0.15, 0.2) is 24.3 Å². The lowest BCUT2D eigenvalue weighted by Gasteiger charge is -2.34. The van der Waals surface area contributed by atoms with Crippen LogP contribution < -0.4 is 4.74 Å². The number of rotatable bonds is 7. The van der Waals surface area contributed by atoms with E-state index in [1.807, 2.05) is 31.2 Å². The molecule has 0 bridgehead atoms. The first-order valence-corrected chi connectivity index (χ1v) is 8.08. The molecule has 1 atom stereocenters. The van der Waals surface area contributed by atoms with Crippen LogP contribution in [0.2, 0.25) is 0 Å². The zero-order valence-electron chi connectivity index (χ0n) is 13.3. The highest BCUT2D eigenvalue weighted by Gasteiger charge is 2.17. The van der Waals surface area contributed by atoms with Crippen molar-refractivity contribution in [1.82, 2.24) is 9.80 Å². The molecule has 1 heterocycles. The SMILES string of the molecule is CCOc1cccc(C(O)CCN2CCN(CC)CC2)c1. The van der Waals surface area contributed by atoms with Gasteiger partial charge >= 0.3 is 0 Å². The van der Waals surface area contributed by atoms with E-state index in [0.717, 1.165) is 57.0 Å². The van der Waals surface area contributed by atoms with Gasteiger partial charge in [0.1, 0.15) is 5.75 Å². The Morgan fingerprint density at radius 2 is 1.86 bits per heavy atom. The molecule has 0 saturated carbocycles. The summed E-state index contributed by atoms with van der Waals surface area (Å²) in [5.74, 6) is 0.839. The molecule has 0 aliphatic carbocycles. The fourth-order valence-electron chi connectivity index (χ4n) is 2.78. The van der Waals surface area contributed by atoms with E-state index in [1.54, 1.807) is 0 Å². The van der Waals surface area contributed by atoms with Crippen molar-refractivity contribution in [3.05, 3.63) is 29.8 Å². The molecule has 0 spiro atoms.